The highest BCUT2D eigenvalue weighted by Gasteiger charge is 2.15. The first-order valence-electron chi connectivity index (χ1n) is 8.04. The number of aromatic nitrogens is 2. The van der Waals surface area contributed by atoms with E-state index in [1.54, 1.807) is 36.4 Å². The highest BCUT2D eigenvalue weighted by atomic mass is 35.5. The number of ketones is 1. The first-order chi connectivity index (χ1) is 13.0. The molecule has 2 aromatic carbocycles. The molecule has 2 heterocycles. The molecule has 0 bridgehead atoms. The molecule has 4 nitrogen and oxygen atoms in total. The fraction of sp³-hybridized carbons (Fsp3) is 0.0500. The molecule has 0 aliphatic rings. The van der Waals surface area contributed by atoms with Crippen molar-refractivity contribution in [2.45, 2.75) is 6.54 Å². The number of hydrogen-bond acceptors (Lipinski definition) is 4. The van der Waals surface area contributed by atoms with Gasteiger partial charge in [-0.1, -0.05) is 23.7 Å². The summed E-state index contributed by atoms with van der Waals surface area (Å²) in [6.45, 7) is -0.123. The normalized spacial score (nSPS) is 11.0. The van der Waals surface area contributed by atoms with Crippen LogP contribution in [0.1, 0.15) is 10.4 Å². The van der Waals surface area contributed by atoms with Crippen molar-refractivity contribution in [2.24, 2.45) is 0 Å². The minimum absolute atomic E-state index is 0.123. The van der Waals surface area contributed by atoms with Gasteiger partial charge in [-0.2, -0.15) is 0 Å². The van der Waals surface area contributed by atoms with Gasteiger partial charge >= 0.3 is 0 Å². The molecule has 27 heavy (non-hydrogen) atoms. The zero-order chi connectivity index (χ0) is 19.0. The molecule has 0 radical (unpaired) electrons. The summed E-state index contributed by atoms with van der Waals surface area (Å²) in [5.74, 6) is -0.559. The zero-order valence-electron chi connectivity index (χ0n) is 13.9. The lowest BCUT2D eigenvalue weighted by Gasteiger charge is -2.06. The van der Waals surface area contributed by atoms with Gasteiger partial charge in [0.25, 0.3) is 5.56 Å². The van der Waals surface area contributed by atoms with Gasteiger partial charge in [0.2, 0.25) is 0 Å². The largest absolute Gasteiger partial charge is 0.292 e. The Labute approximate surface area is 162 Å². The van der Waals surface area contributed by atoms with Crippen LogP contribution in [-0.2, 0) is 6.54 Å². The average molecular weight is 399 g/mol. The number of halogens is 2. The molecule has 4 rings (SSSR count). The van der Waals surface area contributed by atoms with Crippen molar-refractivity contribution in [3.63, 3.8) is 0 Å². The van der Waals surface area contributed by atoms with E-state index in [4.69, 9.17) is 11.6 Å². The van der Waals surface area contributed by atoms with Crippen LogP contribution < -0.4 is 5.56 Å². The molecule has 0 aliphatic carbocycles. The average Bonchev–Trinajstić information content (AvgIpc) is 3.10. The lowest BCUT2D eigenvalue weighted by atomic mass is 10.1. The standard InChI is InChI=1S/C20H12ClFN2O2S/c21-14-5-1-13(2-6-14)17(25)9-24-11-23-19-18(20(24)26)16(10-27-19)12-3-7-15(22)8-4-12/h1-8,10-11H,9H2. The predicted molar refractivity (Wildman–Crippen MR) is 105 cm³/mol. The fourth-order valence-corrected chi connectivity index (χ4v) is 3.84. The Bertz CT molecular complexity index is 1200. The summed E-state index contributed by atoms with van der Waals surface area (Å²) in [6.07, 6.45) is 1.38. The van der Waals surface area contributed by atoms with Crippen LogP contribution in [0.5, 0.6) is 0 Å². The Balaban J connectivity index is 1.74. The number of nitrogens with zero attached hydrogens (tertiary/aromatic N) is 2. The van der Waals surface area contributed by atoms with Crippen LogP contribution in [0.15, 0.2) is 65.0 Å². The molecule has 0 unspecified atom stereocenters. The van der Waals surface area contributed by atoms with Crippen molar-refractivity contribution < 1.29 is 9.18 Å². The van der Waals surface area contributed by atoms with Gasteiger partial charge in [0.15, 0.2) is 5.78 Å². The summed E-state index contributed by atoms with van der Waals surface area (Å²) in [5.41, 5.74) is 1.57. The summed E-state index contributed by atoms with van der Waals surface area (Å²) in [5, 5.41) is 2.78. The van der Waals surface area contributed by atoms with Crippen LogP contribution >= 0.6 is 22.9 Å². The van der Waals surface area contributed by atoms with Gasteiger partial charge < -0.3 is 0 Å². The van der Waals surface area contributed by atoms with Crippen LogP contribution in [0.25, 0.3) is 21.3 Å². The Morgan fingerprint density at radius 3 is 2.52 bits per heavy atom. The minimum Gasteiger partial charge on any atom is -0.292 e. The predicted octanol–water partition coefficient (Wildman–Crippen LogP) is 4.80. The summed E-state index contributed by atoms with van der Waals surface area (Å²) in [6, 6.07) is 12.4. The number of Topliss-reactive ketones (excluding diaryl/α,β-unsaturated/α-hetero) is 1. The van der Waals surface area contributed by atoms with Crippen LogP contribution in [0.2, 0.25) is 5.02 Å². The second kappa shape index (κ2) is 7.06. The van der Waals surface area contributed by atoms with Crippen LogP contribution in [0, 0.1) is 5.82 Å². The molecule has 4 aromatic rings. The summed E-state index contributed by atoms with van der Waals surface area (Å²) >= 11 is 7.18. The molecule has 0 amide bonds. The maximum Gasteiger partial charge on any atom is 0.263 e. The molecule has 7 heteroatoms. The van der Waals surface area contributed by atoms with Crippen molar-refractivity contribution in [2.75, 3.05) is 0 Å². The van der Waals surface area contributed by atoms with E-state index in [0.29, 0.717) is 26.4 Å². The molecule has 0 saturated carbocycles. The Morgan fingerprint density at radius 1 is 1.11 bits per heavy atom. The third kappa shape index (κ3) is 3.41. The van der Waals surface area contributed by atoms with Gasteiger partial charge in [0, 0.05) is 21.5 Å². The molecule has 2 aromatic heterocycles. The van der Waals surface area contributed by atoms with E-state index in [1.807, 2.05) is 5.38 Å². The van der Waals surface area contributed by atoms with Gasteiger partial charge in [-0.3, -0.25) is 14.2 Å². The second-order valence-electron chi connectivity index (χ2n) is 5.94. The SMILES string of the molecule is O=C(Cn1cnc2scc(-c3ccc(F)cc3)c2c1=O)c1ccc(Cl)cc1. The third-order valence-electron chi connectivity index (χ3n) is 4.20. The van der Waals surface area contributed by atoms with Crippen LogP contribution in [-0.4, -0.2) is 15.3 Å². The Hall–Kier alpha value is -2.83. The Morgan fingerprint density at radius 2 is 1.81 bits per heavy atom. The van der Waals surface area contributed by atoms with E-state index < -0.39 is 0 Å². The molecule has 0 fully saturated rings. The summed E-state index contributed by atoms with van der Waals surface area (Å²) in [4.78, 5) is 30.3. The van der Waals surface area contributed by atoms with Crippen molar-refractivity contribution in [1.82, 2.24) is 9.55 Å². The molecule has 134 valence electrons. The van der Waals surface area contributed by atoms with Gasteiger partial charge in [0.05, 0.1) is 18.3 Å². The van der Waals surface area contributed by atoms with Crippen LogP contribution in [0.3, 0.4) is 0 Å². The highest BCUT2D eigenvalue weighted by Crippen LogP contribution is 2.30. The molecule has 0 aliphatic heterocycles. The Kier molecular flexibility index (Phi) is 4.59. The van der Waals surface area contributed by atoms with E-state index in [-0.39, 0.29) is 23.7 Å². The van der Waals surface area contributed by atoms with E-state index in [9.17, 15) is 14.0 Å². The third-order valence-corrected chi connectivity index (χ3v) is 5.33. The van der Waals surface area contributed by atoms with Gasteiger partial charge in [0.1, 0.15) is 10.6 Å². The first kappa shape index (κ1) is 17.6. The van der Waals surface area contributed by atoms with Gasteiger partial charge in [-0.15, -0.1) is 11.3 Å². The first-order valence-corrected chi connectivity index (χ1v) is 9.30. The zero-order valence-corrected chi connectivity index (χ0v) is 15.4. The fourth-order valence-electron chi connectivity index (χ4n) is 2.80. The molecular weight excluding hydrogens is 387 g/mol. The maximum absolute atomic E-state index is 13.2. The smallest absolute Gasteiger partial charge is 0.263 e. The van der Waals surface area contributed by atoms with Crippen molar-refractivity contribution in [3.8, 4) is 11.1 Å². The number of rotatable bonds is 4. The molecular formula is C20H12ClFN2O2S. The lowest BCUT2D eigenvalue weighted by Crippen LogP contribution is -2.24. The molecule has 0 spiro atoms. The van der Waals surface area contributed by atoms with E-state index >= 15 is 0 Å². The van der Waals surface area contributed by atoms with Gasteiger partial charge in [-0.25, -0.2) is 9.37 Å². The minimum atomic E-state index is -0.345. The summed E-state index contributed by atoms with van der Waals surface area (Å²) < 4.78 is 14.5. The topological polar surface area (TPSA) is 52.0 Å². The van der Waals surface area contributed by atoms with E-state index in [2.05, 4.69) is 4.98 Å². The lowest BCUT2D eigenvalue weighted by molar-refractivity contribution is 0.0970. The summed E-state index contributed by atoms with van der Waals surface area (Å²) in [7, 11) is 0. The number of thiophene rings is 1. The highest BCUT2D eigenvalue weighted by molar-refractivity contribution is 7.17. The molecule has 0 saturated heterocycles. The monoisotopic (exact) mass is 398 g/mol. The number of carbonyl (C=O) groups is 1. The van der Waals surface area contributed by atoms with Crippen LogP contribution in [0.4, 0.5) is 4.39 Å². The number of benzene rings is 2. The van der Waals surface area contributed by atoms with Crippen molar-refractivity contribution in [3.05, 3.63) is 87.0 Å². The maximum atomic E-state index is 13.2. The molecule has 0 N–H and O–H groups in total. The van der Waals surface area contributed by atoms with Crippen molar-refractivity contribution in [1.29, 1.82) is 0 Å². The second-order valence-corrected chi connectivity index (χ2v) is 7.24. The number of carbonyl (C=O) groups excluding carboxylic acids is 1. The number of fused-ring (bicyclic) bond motifs is 1. The van der Waals surface area contributed by atoms with E-state index in [1.165, 1.54) is 34.4 Å². The quantitative estimate of drug-likeness (QED) is 0.464. The van der Waals surface area contributed by atoms with E-state index in [0.717, 1.165) is 5.56 Å². The van der Waals surface area contributed by atoms with Crippen molar-refractivity contribution >= 4 is 38.9 Å². The number of hydrogen-bond donors (Lipinski definition) is 0. The molecule has 0 atom stereocenters. The van der Waals surface area contributed by atoms with Gasteiger partial charge in [-0.05, 0) is 42.0 Å².